The first-order valence-corrected chi connectivity index (χ1v) is 8.67. The molecule has 0 aliphatic heterocycles. The molecule has 0 fully saturated rings. The van der Waals surface area contributed by atoms with Crippen LogP contribution in [0.4, 0.5) is 0 Å². The normalized spacial score (nSPS) is 17.0. The fourth-order valence-electron chi connectivity index (χ4n) is 3.61. The Hall–Kier alpha value is -3.22. The molecule has 148 valence electrons. The van der Waals surface area contributed by atoms with E-state index in [1.54, 1.807) is 12.1 Å². The van der Waals surface area contributed by atoms with E-state index in [4.69, 9.17) is 18.3 Å². The standard InChI is InChI=1S/C21H23NO6/c1-11(23)22-16-7-5-13-14(10-19(27-3)20(25)21(13)28-4)12-6-8-18(26-2)17(24)9-15(12)16/h6,8-10,16,25H,5,7H2,1-4H3,(H,22,23)/i2+1D3. The monoisotopic (exact) mass is 389 g/mol. The summed E-state index contributed by atoms with van der Waals surface area (Å²) in [5, 5.41) is 13.3. The van der Waals surface area contributed by atoms with E-state index in [2.05, 4.69) is 5.32 Å². The molecule has 0 bridgehead atoms. The van der Waals surface area contributed by atoms with Crippen LogP contribution in [0.3, 0.4) is 0 Å². The number of carbonyl (C=O) groups excluding carboxylic acids is 1. The Morgan fingerprint density at radius 2 is 1.96 bits per heavy atom. The number of methoxy groups -OCH3 is 3. The number of aromatic hydroxyl groups is 1. The SMILES string of the molecule is [2H][13C]([2H])([2H])Oc1ccc2c(cc1=O)C(NC(C)=O)CCc1c-2cc(OC)c(O)c1OC. The molecule has 1 atom stereocenters. The summed E-state index contributed by atoms with van der Waals surface area (Å²) in [6.45, 7) is 1.37. The van der Waals surface area contributed by atoms with E-state index in [-0.39, 0.29) is 28.9 Å². The maximum absolute atomic E-state index is 12.7. The van der Waals surface area contributed by atoms with Gasteiger partial charge in [-0.3, -0.25) is 9.59 Å². The Morgan fingerprint density at radius 1 is 1.18 bits per heavy atom. The number of benzene rings is 1. The van der Waals surface area contributed by atoms with Crippen molar-refractivity contribution in [3.8, 4) is 34.1 Å². The van der Waals surface area contributed by atoms with Gasteiger partial charge in [-0.1, -0.05) is 6.07 Å². The molecule has 2 aromatic rings. The van der Waals surface area contributed by atoms with Crippen LogP contribution in [0.25, 0.3) is 11.1 Å². The van der Waals surface area contributed by atoms with Gasteiger partial charge in [0.15, 0.2) is 17.2 Å². The predicted octanol–water partition coefficient (Wildman–Crippen LogP) is 2.57. The van der Waals surface area contributed by atoms with Gasteiger partial charge in [0.1, 0.15) is 0 Å². The lowest BCUT2D eigenvalue weighted by atomic mass is 9.96. The van der Waals surface area contributed by atoms with Gasteiger partial charge >= 0.3 is 0 Å². The van der Waals surface area contributed by atoms with Gasteiger partial charge in [0.05, 0.1) is 31.4 Å². The number of hydrogen-bond acceptors (Lipinski definition) is 6. The average Bonchev–Trinajstić information content (AvgIpc) is 2.91. The first kappa shape index (κ1) is 15.8. The molecule has 1 aliphatic rings. The minimum Gasteiger partial charge on any atom is -0.502 e. The fourth-order valence-corrected chi connectivity index (χ4v) is 3.61. The zero-order chi connectivity index (χ0) is 22.9. The van der Waals surface area contributed by atoms with Gasteiger partial charge in [-0.15, -0.1) is 0 Å². The molecule has 0 saturated carbocycles. The summed E-state index contributed by atoms with van der Waals surface area (Å²) in [6.07, 6.45) is 0.854. The molecule has 7 heteroatoms. The van der Waals surface area contributed by atoms with E-state index in [1.807, 2.05) is 0 Å². The van der Waals surface area contributed by atoms with E-state index >= 15 is 0 Å². The largest absolute Gasteiger partial charge is 0.502 e. The van der Waals surface area contributed by atoms with E-state index in [0.29, 0.717) is 35.1 Å². The average molecular weight is 389 g/mol. The molecule has 7 nitrogen and oxygen atoms in total. The van der Waals surface area contributed by atoms with Gasteiger partial charge in [-0.05, 0) is 47.7 Å². The van der Waals surface area contributed by atoms with Crippen LogP contribution in [-0.2, 0) is 11.2 Å². The maximum atomic E-state index is 12.7. The van der Waals surface area contributed by atoms with E-state index < -0.39 is 18.5 Å². The number of fused-ring (bicyclic) bond motifs is 3. The van der Waals surface area contributed by atoms with Crippen LogP contribution >= 0.6 is 0 Å². The van der Waals surface area contributed by atoms with Crippen molar-refractivity contribution in [3.63, 3.8) is 0 Å². The highest BCUT2D eigenvalue weighted by atomic mass is 16.5. The second-order valence-electron chi connectivity index (χ2n) is 6.46. The van der Waals surface area contributed by atoms with Crippen LogP contribution in [0.1, 0.15) is 34.6 Å². The summed E-state index contributed by atoms with van der Waals surface area (Å²) in [4.78, 5) is 24.6. The molecule has 28 heavy (non-hydrogen) atoms. The van der Waals surface area contributed by atoms with Gasteiger partial charge in [0.25, 0.3) is 0 Å². The van der Waals surface area contributed by atoms with Crippen LogP contribution in [-0.4, -0.2) is 32.3 Å². The van der Waals surface area contributed by atoms with Crippen molar-refractivity contribution in [2.24, 2.45) is 0 Å². The second kappa shape index (κ2) is 7.80. The molecule has 1 aliphatic carbocycles. The molecular formula is C21H23NO6. The Kier molecular flexibility index (Phi) is 4.40. The van der Waals surface area contributed by atoms with Crippen molar-refractivity contribution < 1.29 is 28.2 Å². The lowest BCUT2D eigenvalue weighted by molar-refractivity contribution is -0.119. The highest BCUT2D eigenvalue weighted by Gasteiger charge is 2.28. The van der Waals surface area contributed by atoms with Crippen molar-refractivity contribution in [1.82, 2.24) is 5.32 Å². The molecule has 0 spiro atoms. The Labute approximate surface area is 167 Å². The van der Waals surface area contributed by atoms with E-state index in [1.165, 1.54) is 33.3 Å². The number of hydrogen-bond donors (Lipinski definition) is 2. The van der Waals surface area contributed by atoms with Gasteiger partial charge in [0.2, 0.25) is 17.1 Å². The highest BCUT2D eigenvalue weighted by Crippen LogP contribution is 2.48. The third kappa shape index (κ3) is 3.35. The van der Waals surface area contributed by atoms with Crippen LogP contribution in [0.5, 0.6) is 23.0 Å². The van der Waals surface area contributed by atoms with Gasteiger partial charge in [-0.2, -0.15) is 0 Å². The summed E-state index contributed by atoms with van der Waals surface area (Å²) in [7, 11) is 0.0363. The number of phenols is 1. The number of ether oxygens (including phenoxy) is 3. The zero-order valence-corrected chi connectivity index (χ0v) is 15.8. The summed E-state index contributed by atoms with van der Waals surface area (Å²) in [5.74, 6) is -0.371. The Morgan fingerprint density at radius 3 is 2.61 bits per heavy atom. The summed E-state index contributed by atoms with van der Waals surface area (Å²) in [5.41, 5.74) is 1.72. The molecule has 2 N–H and O–H groups in total. The molecule has 0 heterocycles. The minimum atomic E-state index is -2.79. The van der Waals surface area contributed by atoms with Crippen molar-refractivity contribution in [2.75, 3.05) is 21.3 Å². The van der Waals surface area contributed by atoms with Crippen molar-refractivity contribution in [1.29, 1.82) is 0 Å². The Balaban J connectivity index is 2.35. The number of carbonyl (C=O) groups is 1. The molecule has 1 amide bonds. The first-order valence-electron chi connectivity index (χ1n) is 10.2. The highest BCUT2D eigenvalue weighted by molar-refractivity contribution is 5.80. The van der Waals surface area contributed by atoms with Gasteiger partial charge < -0.3 is 24.6 Å². The van der Waals surface area contributed by atoms with Crippen LogP contribution in [0.2, 0.25) is 0 Å². The predicted molar refractivity (Wildman–Crippen MR) is 104 cm³/mol. The van der Waals surface area contributed by atoms with E-state index in [0.717, 1.165) is 0 Å². The first-order chi connectivity index (χ1) is 14.6. The number of amides is 1. The number of rotatable bonds is 4. The minimum absolute atomic E-state index is 0.153. The lowest BCUT2D eigenvalue weighted by Crippen LogP contribution is -2.26. The van der Waals surface area contributed by atoms with Crippen molar-refractivity contribution in [3.05, 3.63) is 45.6 Å². The fraction of sp³-hybridized carbons (Fsp3) is 0.333. The molecule has 0 radical (unpaired) electrons. The number of phenolic OH excluding ortho intramolecular Hbond substituents is 1. The van der Waals surface area contributed by atoms with Crippen LogP contribution in [0, 0.1) is 0 Å². The third-order valence-corrected chi connectivity index (χ3v) is 4.83. The molecule has 1 unspecified atom stereocenters. The van der Waals surface area contributed by atoms with Gasteiger partial charge in [0, 0.05) is 12.5 Å². The molecular weight excluding hydrogens is 363 g/mol. The smallest absolute Gasteiger partial charge is 0.220 e. The summed E-state index contributed by atoms with van der Waals surface area (Å²) >= 11 is 0. The van der Waals surface area contributed by atoms with Crippen molar-refractivity contribution >= 4 is 5.91 Å². The molecule has 0 aromatic heterocycles. The topological polar surface area (TPSA) is 94.1 Å². The Bertz CT molecular complexity index is 1080. The lowest BCUT2D eigenvalue weighted by Gasteiger charge is -2.17. The van der Waals surface area contributed by atoms with Crippen LogP contribution in [0.15, 0.2) is 29.1 Å². The summed E-state index contributed by atoms with van der Waals surface area (Å²) in [6, 6.07) is 5.22. The van der Waals surface area contributed by atoms with E-state index in [9.17, 15) is 14.7 Å². The third-order valence-electron chi connectivity index (χ3n) is 4.83. The van der Waals surface area contributed by atoms with Gasteiger partial charge in [-0.25, -0.2) is 0 Å². The molecule has 0 saturated heterocycles. The molecule has 2 aromatic carbocycles. The zero-order valence-electron chi connectivity index (χ0n) is 18.8. The number of nitrogens with one attached hydrogen (secondary N) is 1. The summed E-state index contributed by atoms with van der Waals surface area (Å²) < 4.78 is 37.5. The molecule has 3 rings (SSSR count). The quantitative estimate of drug-likeness (QED) is 0.781. The van der Waals surface area contributed by atoms with Crippen LogP contribution < -0.4 is 25.0 Å². The van der Waals surface area contributed by atoms with Crippen molar-refractivity contribution in [2.45, 2.75) is 25.8 Å². The second-order valence-corrected chi connectivity index (χ2v) is 6.46. The maximum Gasteiger partial charge on any atom is 0.220 e.